The Morgan fingerprint density at radius 2 is 1.82 bits per heavy atom. The number of aromatic nitrogens is 2. The molecule has 0 bridgehead atoms. The maximum Gasteiger partial charge on any atom is 0.166 e. The molecule has 1 aliphatic rings. The van der Waals surface area contributed by atoms with E-state index in [2.05, 4.69) is 51.7 Å². The molecule has 2 aromatic heterocycles. The normalized spacial score (nSPS) is 17.8. The lowest BCUT2D eigenvalue weighted by atomic mass is 9.97. The summed E-state index contributed by atoms with van der Waals surface area (Å²) in [6.45, 7) is 1.69. The Labute approximate surface area is 199 Å². The van der Waals surface area contributed by atoms with Crippen LogP contribution >= 0.6 is 0 Å². The van der Waals surface area contributed by atoms with Crippen LogP contribution in [0.15, 0.2) is 73.2 Å². The van der Waals surface area contributed by atoms with E-state index in [1.807, 2.05) is 41.1 Å². The van der Waals surface area contributed by atoms with E-state index in [9.17, 15) is 0 Å². The Balaban J connectivity index is 1.49. The van der Waals surface area contributed by atoms with Crippen molar-refractivity contribution in [3.05, 3.63) is 84.3 Å². The third-order valence-electron chi connectivity index (χ3n) is 6.59. The molecule has 3 heterocycles. The molecule has 1 N–H and O–H groups in total. The molecule has 7 nitrogen and oxygen atoms in total. The van der Waals surface area contributed by atoms with Crippen LogP contribution in [0.2, 0.25) is 0 Å². The fourth-order valence-electron chi connectivity index (χ4n) is 4.90. The molecule has 0 radical (unpaired) electrons. The van der Waals surface area contributed by atoms with Crippen molar-refractivity contribution >= 4 is 11.3 Å². The molecule has 7 heteroatoms. The highest BCUT2D eigenvalue weighted by atomic mass is 16.5. The lowest BCUT2D eigenvalue weighted by Gasteiger charge is -2.32. The van der Waals surface area contributed by atoms with E-state index in [-0.39, 0.29) is 12.1 Å². The largest absolute Gasteiger partial charge is 0.497 e. The van der Waals surface area contributed by atoms with E-state index in [4.69, 9.17) is 14.2 Å². The minimum absolute atomic E-state index is 0.0701. The Kier molecular flexibility index (Phi) is 6.27. The van der Waals surface area contributed by atoms with Gasteiger partial charge in [0.15, 0.2) is 11.5 Å². The van der Waals surface area contributed by atoms with E-state index in [1.54, 1.807) is 21.3 Å². The number of ether oxygens (including phenoxy) is 3. The van der Waals surface area contributed by atoms with Crippen LogP contribution < -0.4 is 24.4 Å². The highest BCUT2D eigenvalue weighted by molar-refractivity contribution is 5.60. The summed E-state index contributed by atoms with van der Waals surface area (Å²) in [5.74, 6) is 2.38. The number of methoxy groups -OCH3 is 3. The van der Waals surface area contributed by atoms with Gasteiger partial charge < -0.3 is 28.8 Å². The molecule has 176 valence electrons. The average molecular weight is 459 g/mol. The van der Waals surface area contributed by atoms with Gasteiger partial charge in [-0.25, -0.2) is 4.98 Å². The third kappa shape index (κ3) is 4.15. The molecular formula is C27H30N4O3. The molecule has 1 fully saturated rings. The minimum atomic E-state index is 0.0701. The summed E-state index contributed by atoms with van der Waals surface area (Å²) in [6.07, 6.45) is 6.85. The zero-order valence-corrected chi connectivity index (χ0v) is 19.8. The quantitative estimate of drug-likeness (QED) is 0.420. The lowest BCUT2D eigenvalue weighted by molar-refractivity contribution is 0.346. The van der Waals surface area contributed by atoms with E-state index < -0.39 is 0 Å². The molecule has 0 amide bonds. The second-order valence-electron chi connectivity index (χ2n) is 8.42. The van der Waals surface area contributed by atoms with Crippen molar-refractivity contribution in [2.45, 2.75) is 25.0 Å². The number of hydrogen-bond acceptors (Lipinski definition) is 6. The molecule has 1 aliphatic heterocycles. The first kappa shape index (κ1) is 22.1. The first-order valence-corrected chi connectivity index (χ1v) is 11.5. The molecule has 0 aliphatic carbocycles. The van der Waals surface area contributed by atoms with Crippen molar-refractivity contribution in [3.8, 4) is 17.2 Å². The van der Waals surface area contributed by atoms with Gasteiger partial charge in [-0.2, -0.15) is 0 Å². The third-order valence-corrected chi connectivity index (χ3v) is 6.59. The minimum Gasteiger partial charge on any atom is -0.497 e. The van der Waals surface area contributed by atoms with Crippen LogP contribution in [-0.2, 0) is 6.54 Å². The van der Waals surface area contributed by atoms with Crippen LogP contribution in [0.4, 0.5) is 5.69 Å². The van der Waals surface area contributed by atoms with E-state index >= 15 is 0 Å². The van der Waals surface area contributed by atoms with Gasteiger partial charge in [-0.15, -0.1) is 0 Å². The van der Waals surface area contributed by atoms with Crippen molar-refractivity contribution in [3.63, 3.8) is 0 Å². The summed E-state index contributed by atoms with van der Waals surface area (Å²) >= 11 is 0. The molecular weight excluding hydrogens is 428 g/mol. The average Bonchev–Trinajstić information content (AvgIpc) is 3.53. The smallest absolute Gasteiger partial charge is 0.166 e. The number of hydrogen-bond donors (Lipinski definition) is 1. The summed E-state index contributed by atoms with van der Waals surface area (Å²) < 4.78 is 18.8. The Morgan fingerprint density at radius 3 is 2.59 bits per heavy atom. The highest BCUT2D eigenvalue weighted by Crippen LogP contribution is 2.43. The number of anilines is 1. The number of fused-ring (bicyclic) bond motifs is 1. The molecule has 4 aromatic rings. The van der Waals surface area contributed by atoms with Crippen LogP contribution in [0.1, 0.15) is 23.6 Å². The molecule has 5 rings (SSSR count). The van der Waals surface area contributed by atoms with E-state index in [0.717, 1.165) is 53.7 Å². The monoisotopic (exact) mass is 458 g/mol. The maximum atomic E-state index is 5.85. The summed E-state index contributed by atoms with van der Waals surface area (Å²) in [6, 6.07) is 18.9. The molecule has 2 unspecified atom stereocenters. The van der Waals surface area contributed by atoms with Gasteiger partial charge in [0, 0.05) is 55.0 Å². The zero-order chi connectivity index (χ0) is 23.5. The van der Waals surface area contributed by atoms with Crippen molar-refractivity contribution < 1.29 is 14.2 Å². The Hall–Kier alpha value is -3.71. The van der Waals surface area contributed by atoms with Gasteiger partial charge in [0.25, 0.3) is 0 Å². The number of para-hydroxylation sites is 1. The maximum absolute atomic E-state index is 5.85. The number of nitrogens with one attached hydrogen (secondary N) is 1. The molecule has 1 saturated heterocycles. The second-order valence-corrected chi connectivity index (χ2v) is 8.42. The van der Waals surface area contributed by atoms with Crippen LogP contribution in [0.25, 0.3) is 5.65 Å². The summed E-state index contributed by atoms with van der Waals surface area (Å²) in [5, 5.41) is 3.80. The first-order chi connectivity index (χ1) is 16.7. The van der Waals surface area contributed by atoms with Crippen molar-refractivity contribution in [2.75, 3.05) is 32.8 Å². The number of benzene rings is 2. The number of nitrogens with zero attached hydrogens (tertiary/aromatic N) is 3. The lowest BCUT2D eigenvalue weighted by Crippen LogP contribution is -2.36. The number of rotatable bonds is 8. The zero-order valence-electron chi connectivity index (χ0n) is 19.8. The van der Waals surface area contributed by atoms with Gasteiger partial charge in [-0.1, -0.05) is 24.3 Å². The van der Waals surface area contributed by atoms with Gasteiger partial charge in [0.1, 0.15) is 11.4 Å². The van der Waals surface area contributed by atoms with Gasteiger partial charge in [0.05, 0.1) is 27.4 Å². The summed E-state index contributed by atoms with van der Waals surface area (Å²) in [5.41, 5.74) is 4.40. The SMILES string of the molecule is COc1ccc(CNC2CCN(c3ccn4ccnc4c3)C2c2cccc(OC)c2OC)cc1. The fourth-order valence-corrected chi connectivity index (χ4v) is 4.90. The van der Waals surface area contributed by atoms with Crippen molar-refractivity contribution in [2.24, 2.45) is 0 Å². The standard InChI is InChI=1S/C27H30N4O3/c1-32-21-9-7-19(8-10-21)18-29-23-12-15-31(20-11-14-30-16-13-28-25(30)17-20)26(23)22-5-4-6-24(33-2)27(22)34-3/h4-11,13-14,16-17,23,26,29H,12,15,18H2,1-3H3. The predicted octanol–water partition coefficient (Wildman–Crippen LogP) is 4.47. The molecule has 2 atom stereocenters. The van der Waals surface area contributed by atoms with Crippen LogP contribution in [-0.4, -0.2) is 43.3 Å². The van der Waals surface area contributed by atoms with Gasteiger partial charge in [-0.05, 0) is 36.2 Å². The summed E-state index contributed by atoms with van der Waals surface area (Å²) in [7, 11) is 5.07. The fraction of sp³-hybridized carbons (Fsp3) is 0.296. The predicted molar refractivity (Wildman–Crippen MR) is 133 cm³/mol. The van der Waals surface area contributed by atoms with Crippen LogP contribution in [0, 0.1) is 0 Å². The summed E-state index contributed by atoms with van der Waals surface area (Å²) in [4.78, 5) is 6.93. The first-order valence-electron chi connectivity index (χ1n) is 11.5. The molecule has 0 saturated carbocycles. The Bertz CT molecular complexity index is 1250. The van der Waals surface area contributed by atoms with E-state index in [0.29, 0.717) is 0 Å². The van der Waals surface area contributed by atoms with E-state index in [1.165, 1.54) is 5.56 Å². The van der Waals surface area contributed by atoms with Gasteiger partial charge in [0.2, 0.25) is 0 Å². The van der Waals surface area contributed by atoms with Gasteiger partial charge >= 0.3 is 0 Å². The Morgan fingerprint density at radius 1 is 0.971 bits per heavy atom. The second kappa shape index (κ2) is 9.65. The molecule has 0 spiro atoms. The van der Waals surface area contributed by atoms with Crippen molar-refractivity contribution in [1.82, 2.24) is 14.7 Å². The van der Waals surface area contributed by atoms with Crippen LogP contribution in [0.5, 0.6) is 17.2 Å². The van der Waals surface area contributed by atoms with Crippen LogP contribution in [0.3, 0.4) is 0 Å². The van der Waals surface area contributed by atoms with Gasteiger partial charge in [-0.3, -0.25) is 0 Å². The molecule has 2 aromatic carbocycles. The highest BCUT2D eigenvalue weighted by Gasteiger charge is 2.37. The van der Waals surface area contributed by atoms with Crippen molar-refractivity contribution in [1.29, 1.82) is 0 Å². The topological polar surface area (TPSA) is 60.3 Å². The molecule has 34 heavy (non-hydrogen) atoms. The number of imidazole rings is 1. The number of pyridine rings is 1.